The molecule has 0 saturated heterocycles. The minimum atomic E-state index is -0.645. The summed E-state index contributed by atoms with van der Waals surface area (Å²) in [6, 6.07) is 6.14. The van der Waals surface area contributed by atoms with Crippen molar-refractivity contribution >= 4 is 11.9 Å². The maximum absolute atomic E-state index is 13.3. The number of aliphatic imine (C=N–C) groups is 1. The summed E-state index contributed by atoms with van der Waals surface area (Å²) in [7, 11) is 0. The van der Waals surface area contributed by atoms with Crippen LogP contribution in [0.5, 0.6) is 0 Å². The highest BCUT2D eigenvalue weighted by Gasteiger charge is 2.46. The number of benzene rings is 1. The van der Waals surface area contributed by atoms with Crippen molar-refractivity contribution in [3.05, 3.63) is 35.6 Å². The number of halogens is 1. The van der Waals surface area contributed by atoms with Crippen LogP contribution in [-0.2, 0) is 6.42 Å². The van der Waals surface area contributed by atoms with E-state index in [-0.39, 0.29) is 11.8 Å². The van der Waals surface area contributed by atoms with Gasteiger partial charge >= 0.3 is 6.03 Å². The zero-order valence-corrected chi connectivity index (χ0v) is 11.5. The first kappa shape index (κ1) is 13.1. The van der Waals surface area contributed by atoms with Gasteiger partial charge in [0.1, 0.15) is 17.2 Å². The second-order valence-electron chi connectivity index (χ2n) is 5.91. The van der Waals surface area contributed by atoms with E-state index in [1.54, 1.807) is 11.0 Å². The Labute approximate surface area is 117 Å². The summed E-state index contributed by atoms with van der Waals surface area (Å²) < 4.78 is 13.3. The summed E-state index contributed by atoms with van der Waals surface area (Å²) in [4.78, 5) is 17.7. The molecular weight excluding hydrogens is 257 g/mol. The van der Waals surface area contributed by atoms with Gasteiger partial charge in [0.25, 0.3) is 0 Å². The summed E-state index contributed by atoms with van der Waals surface area (Å²) >= 11 is 0. The van der Waals surface area contributed by atoms with Gasteiger partial charge in [-0.2, -0.15) is 4.99 Å². The zero-order chi connectivity index (χ0) is 14.3. The van der Waals surface area contributed by atoms with Crippen LogP contribution in [-0.4, -0.2) is 28.9 Å². The minimum Gasteiger partial charge on any atom is -0.385 e. The number of amidine groups is 1. The Balaban J connectivity index is 1.86. The van der Waals surface area contributed by atoms with Crippen molar-refractivity contribution in [1.82, 2.24) is 4.90 Å². The molecule has 1 fully saturated rings. The predicted molar refractivity (Wildman–Crippen MR) is 75.0 cm³/mol. The molecule has 5 heteroatoms. The first-order chi connectivity index (χ1) is 9.49. The number of carbonyl (C=O) groups excluding carboxylic acids is 1. The second-order valence-corrected chi connectivity index (χ2v) is 5.91. The van der Waals surface area contributed by atoms with E-state index in [0.29, 0.717) is 24.7 Å². The molecule has 0 aromatic heterocycles. The van der Waals surface area contributed by atoms with Gasteiger partial charge in [-0.1, -0.05) is 12.1 Å². The molecule has 1 aliphatic carbocycles. The normalized spacial score (nSPS) is 26.0. The molecule has 1 saturated carbocycles. The third kappa shape index (κ3) is 2.28. The standard InChI is InChI=1S/C15H18FN3O/c1-15(8-11-3-2-4-12(16)7-11)13(17)18-14(20)19(15)9-10-5-6-10/h2-4,7,10H,5-6,8-9H2,1H3,(H2,17,18,20). The van der Waals surface area contributed by atoms with E-state index < -0.39 is 5.54 Å². The second kappa shape index (κ2) is 4.58. The molecule has 1 aromatic rings. The average Bonchev–Trinajstić information content (AvgIpc) is 3.15. The summed E-state index contributed by atoms with van der Waals surface area (Å²) in [5.41, 5.74) is 6.14. The molecule has 3 rings (SSSR count). The molecule has 0 spiro atoms. The predicted octanol–water partition coefficient (Wildman–Crippen LogP) is 2.33. The molecule has 0 bridgehead atoms. The van der Waals surface area contributed by atoms with Gasteiger partial charge in [0.15, 0.2) is 0 Å². The van der Waals surface area contributed by atoms with Gasteiger partial charge in [-0.3, -0.25) is 0 Å². The van der Waals surface area contributed by atoms with Crippen molar-refractivity contribution in [3.63, 3.8) is 0 Å². The third-order valence-electron chi connectivity index (χ3n) is 4.17. The fourth-order valence-electron chi connectivity index (χ4n) is 2.70. The van der Waals surface area contributed by atoms with E-state index >= 15 is 0 Å². The quantitative estimate of drug-likeness (QED) is 0.916. The van der Waals surface area contributed by atoms with Crippen molar-refractivity contribution in [2.75, 3.05) is 6.54 Å². The van der Waals surface area contributed by atoms with Crippen LogP contribution in [0.1, 0.15) is 25.3 Å². The fourth-order valence-corrected chi connectivity index (χ4v) is 2.70. The lowest BCUT2D eigenvalue weighted by Gasteiger charge is -2.35. The number of carbonyl (C=O) groups is 1. The lowest BCUT2D eigenvalue weighted by molar-refractivity contribution is 0.174. The minimum absolute atomic E-state index is 0.270. The highest BCUT2D eigenvalue weighted by atomic mass is 19.1. The van der Waals surface area contributed by atoms with Gasteiger partial charge in [0.2, 0.25) is 0 Å². The van der Waals surface area contributed by atoms with Crippen molar-refractivity contribution in [1.29, 1.82) is 0 Å². The lowest BCUT2D eigenvalue weighted by Crippen LogP contribution is -2.54. The third-order valence-corrected chi connectivity index (χ3v) is 4.17. The molecule has 1 aromatic carbocycles. The smallest absolute Gasteiger partial charge is 0.346 e. The van der Waals surface area contributed by atoms with Gasteiger partial charge in [0.05, 0.1) is 0 Å². The Kier molecular flexibility index (Phi) is 3.00. The molecule has 2 N–H and O–H groups in total. The van der Waals surface area contributed by atoms with Crippen molar-refractivity contribution < 1.29 is 9.18 Å². The molecular formula is C15H18FN3O. The van der Waals surface area contributed by atoms with E-state index in [9.17, 15) is 9.18 Å². The monoisotopic (exact) mass is 275 g/mol. The molecule has 2 amide bonds. The first-order valence-corrected chi connectivity index (χ1v) is 6.90. The molecule has 1 heterocycles. The Morgan fingerprint density at radius 1 is 1.50 bits per heavy atom. The maximum atomic E-state index is 13.3. The SMILES string of the molecule is CC1(Cc2cccc(F)c2)C(N)=NC(=O)N1CC1CC1. The topological polar surface area (TPSA) is 58.7 Å². The van der Waals surface area contributed by atoms with Gasteiger partial charge in [-0.25, -0.2) is 9.18 Å². The van der Waals surface area contributed by atoms with Crippen LogP contribution in [0.2, 0.25) is 0 Å². The van der Waals surface area contributed by atoms with Crippen LogP contribution in [0.25, 0.3) is 0 Å². The van der Waals surface area contributed by atoms with Crippen LogP contribution in [0.4, 0.5) is 9.18 Å². The van der Waals surface area contributed by atoms with Gasteiger partial charge in [-0.15, -0.1) is 0 Å². The highest BCUT2D eigenvalue weighted by molar-refractivity contribution is 6.05. The maximum Gasteiger partial charge on any atom is 0.346 e. The Hall–Kier alpha value is -1.91. The summed E-state index contributed by atoms with van der Waals surface area (Å²) in [5, 5.41) is 0. The number of rotatable bonds is 4. The van der Waals surface area contributed by atoms with Crippen molar-refractivity contribution in [3.8, 4) is 0 Å². The molecule has 4 nitrogen and oxygen atoms in total. The zero-order valence-electron chi connectivity index (χ0n) is 11.5. The lowest BCUT2D eigenvalue weighted by atomic mass is 9.90. The van der Waals surface area contributed by atoms with Crippen molar-refractivity contribution in [2.45, 2.75) is 31.7 Å². The van der Waals surface area contributed by atoms with Crippen LogP contribution in [0.15, 0.2) is 29.3 Å². The summed E-state index contributed by atoms with van der Waals surface area (Å²) in [5.74, 6) is 0.610. The number of hydrogen-bond donors (Lipinski definition) is 1. The number of nitrogens with two attached hydrogens (primary N) is 1. The van der Waals surface area contributed by atoms with Crippen LogP contribution in [0.3, 0.4) is 0 Å². The molecule has 1 aliphatic heterocycles. The van der Waals surface area contributed by atoms with Crippen LogP contribution < -0.4 is 5.73 Å². The molecule has 20 heavy (non-hydrogen) atoms. The molecule has 1 unspecified atom stereocenters. The summed E-state index contributed by atoms with van der Waals surface area (Å²) in [6.45, 7) is 2.60. The van der Waals surface area contributed by atoms with E-state index in [0.717, 1.165) is 18.4 Å². The Morgan fingerprint density at radius 2 is 2.25 bits per heavy atom. The fraction of sp³-hybridized carbons (Fsp3) is 0.467. The molecule has 106 valence electrons. The van der Waals surface area contributed by atoms with E-state index in [4.69, 9.17) is 5.73 Å². The van der Waals surface area contributed by atoms with Crippen LogP contribution in [0, 0.1) is 11.7 Å². The number of amides is 2. The van der Waals surface area contributed by atoms with E-state index in [1.165, 1.54) is 12.1 Å². The van der Waals surface area contributed by atoms with Gasteiger partial charge in [-0.05, 0) is 43.4 Å². The van der Waals surface area contributed by atoms with Gasteiger partial charge in [0, 0.05) is 13.0 Å². The largest absolute Gasteiger partial charge is 0.385 e. The number of nitrogens with zero attached hydrogens (tertiary/aromatic N) is 2. The van der Waals surface area contributed by atoms with Crippen molar-refractivity contribution in [2.24, 2.45) is 16.6 Å². The summed E-state index contributed by atoms with van der Waals surface area (Å²) in [6.07, 6.45) is 2.79. The van der Waals surface area contributed by atoms with E-state index in [2.05, 4.69) is 4.99 Å². The first-order valence-electron chi connectivity index (χ1n) is 6.90. The Bertz CT molecular complexity index is 582. The van der Waals surface area contributed by atoms with Gasteiger partial charge < -0.3 is 10.6 Å². The average molecular weight is 275 g/mol. The van der Waals surface area contributed by atoms with Crippen LogP contribution >= 0.6 is 0 Å². The number of urea groups is 1. The molecule has 1 atom stereocenters. The number of hydrogen-bond acceptors (Lipinski definition) is 2. The molecule has 2 aliphatic rings. The molecule has 0 radical (unpaired) electrons. The Morgan fingerprint density at radius 3 is 2.90 bits per heavy atom. The van der Waals surface area contributed by atoms with E-state index in [1.807, 2.05) is 13.0 Å². The highest BCUT2D eigenvalue weighted by Crippen LogP contribution is 2.35.